The summed E-state index contributed by atoms with van der Waals surface area (Å²) < 4.78 is 4.96. The largest absolute Gasteiger partial charge is 0.462 e. The monoisotopic (exact) mass is 449 g/mol. The number of hydrogen-bond donors (Lipinski definition) is 1. The zero-order chi connectivity index (χ0) is 20.8. The van der Waals surface area contributed by atoms with Gasteiger partial charge in [0.25, 0.3) is 0 Å². The maximum absolute atomic E-state index is 12.2. The second-order valence-corrected chi connectivity index (χ2v) is 8.07. The SMILES string of the molecule is CCOC(=O)c1ccc(CC2S/C(=N/N=C/c3ccc(Cl)cc3Cl)NC2=O)cc1. The molecule has 29 heavy (non-hydrogen) atoms. The van der Waals surface area contributed by atoms with Crippen LogP contribution < -0.4 is 5.32 Å². The molecule has 0 saturated carbocycles. The van der Waals surface area contributed by atoms with Crippen molar-refractivity contribution in [1.29, 1.82) is 0 Å². The quantitative estimate of drug-likeness (QED) is 0.404. The number of ether oxygens (including phenoxy) is 1. The Balaban J connectivity index is 1.60. The van der Waals surface area contributed by atoms with Gasteiger partial charge in [-0.05, 0) is 43.2 Å². The number of rotatable bonds is 6. The minimum atomic E-state index is -0.361. The first kappa shape index (κ1) is 21.4. The highest BCUT2D eigenvalue weighted by Crippen LogP contribution is 2.24. The van der Waals surface area contributed by atoms with Gasteiger partial charge in [-0.1, -0.05) is 53.2 Å². The van der Waals surface area contributed by atoms with Crippen molar-refractivity contribution in [3.05, 3.63) is 69.2 Å². The number of nitrogens with one attached hydrogen (secondary N) is 1. The molecule has 2 aromatic rings. The molecule has 9 heteroatoms. The van der Waals surface area contributed by atoms with E-state index in [4.69, 9.17) is 27.9 Å². The number of thioether (sulfide) groups is 1. The Hall–Kier alpha value is -2.35. The highest BCUT2D eigenvalue weighted by atomic mass is 35.5. The van der Waals surface area contributed by atoms with Gasteiger partial charge in [-0.2, -0.15) is 5.10 Å². The van der Waals surface area contributed by atoms with E-state index < -0.39 is 0 Å². The molecule has 0 aromatic heterocycles. The number of esters is 1. The van der Waals surface area contributed by atoms with Crippen LogP contribution in [0.4, 0.5) is 0 Å². The van der Waals surface area contributed by atoms with E-state index in [1.807, 2.05) is 12.1 Å². The molecule has 1 N–H and O–H groups in total. The Morgan fingerprint density at radius 3 is 2.69 bits per heavy atom. The van der Waals surface area contributed by atoms with Crippen molar-refractivity contribution in [3.8, 4) is 0 Å². The minimum Gasteiger partial charge on any atom is -0.462 e. The normalized spacial score (nSPS) is 17.7. The molecule has 1 aliphatic rings. The summed E-state index contributed by atoms with van der Waals surface area (Å²) in [6.07, 6.45) is 2.01. The lowest BCUT2D eigenvalue weighted by atomic mass is 10.1. The minimum absolute atomic E-state index is 0.136. The van der Waals surface area contributed by atoms with Gasteiger partial charge in [-0.25, -0.2) is 4.79 Å². The molecule has 1 fully saturated rings. The molecule has 1 saturated heterocycles. The van der Waals surface area contributed by atoms with E-state index in [-0.39, 0.29) is 17.1 Å². The van der Waals surface area contributed by atoms with Gasteiger partial charge in [0.15, 0.2) is 5.17 Å². The van der Waals surface area contributed by atoms with Crippen molar-refractivity contribution in [2.75, 3.05) is 6.61 Å². The van der Waals surface area contributed by atoms with Crippen LogP contribution in [-0.4, -0.2) is 35.1 Å². The summed E-state index contributed by atoms with van der Waals surface area (Å²) >= 11 is 13.2. The van der Waals surface area contributed by atoms with Crippen LogP contribution in [0.25, 0.3) is 0 Å². The molecule has 1 amide bonds. The zero-order valence-electron chi connectivity index (χ0n) is 15.4. The first-order valence-corrected chi connectivity index (χ1v) is 10.4. The number of carbonyl (C=O) groups is 2. The van der Waals surface area contributed by atoms with Crippen LogP contribution >= 0.6 is 35.0 Å². The summed E-state index contributed by atoms with van der Waals surface area (Å²) in [5, 5.41) is 11.8. The van der Waals surface area contributed by atoms with Crippen molar-refractivity contribution in [2.24, 2.45) is 10.2 Å². The molecule has 0 aliphatic carbocycles. The average Bonchev–Trinajstić information content (AvgIpc) is 3.03. The molecule has 1 unspecified atom stereocenters. The van der Waals surface area contributed by atoms with Crippen LogP contribution in [0, 0.1) is 0 Å². The first-order valence-electron chi connectivity index (χ1n) is 8.76. The summed E-state index contributed by atoms with van der Waals surface area (Å²) in [6.45, 7) is 2.09. The molecule has 0 radical (unpaired) electrons. The van der Waals surface area contributed by atoms with Crippen LogP contribution in [0.1, 0.15) is 28.4 Å². The predicted molar refractivity (Wildman–Crippen MR) is 117 cm³/mol. The molecule has 0 bridgehead atoms. The molecule has 0 spiro atoms. The van der Waals surface area contributed by atoms with Crippen molar-refractivity contribution < 1.29 is 14.3 Å². The summed E-state index contributed by atoms with van der Waals surface area (Å²) in [4.78, 5) is 23.9. The van der Waals surface area contributed by atoms with E-state index in [1.54, 1.807) is 37.3 Å². The van der Waals surface area contributed by atoms with Crippen molar-refractivity contribution in [2.45, 2.75) is 18.6 Å². The molecular weight excluding hydrogens is 433 g/mol. The molecule has 1 atom stereocenters. The van der Waals surface area contributed by atoms with Crippen LogP contribution in [0.3, 0.4) is 0 Å². The van der Waals surface area contributed by atoms with Gasteiger partial charge < -0.3 is 10.1 Å². The van der Waals surface area contributed by atoms with Gasteiger partial charge in [0, 0.05) is 10.6 Å². The third kappa shape index (κ3) is 5.82. The van der Waals surface area contributed by atoms with Gasteiger partial charge in [0.2, 0.25) is 5.91 Å². The van der Waals surface area contributed by atoms with Crippen molar-refractivity contribution in [1.82, 2.24) is 5.32 Å². The summed E-state index contributed by atoms with van der Waals surface area (Å²) in [5.74, 6) is -0.497. The van der Waals surface area contributed by atoms with E-state index in [2.05, 4.69) is 15.5 Å². The van der Waals surface area contributed by atoms with E-state index in [0.717, 1.165) is 5.56 Å². The van der Waals surface area contributed by atoms with E-state index in [1.165, 1.54) is 18.0 Å². The second-order valence-electron chi connectivity index (χ2n) is 6.03. The fourth-order valence-electron chi connectivity index (χ4n) is 2.54. The van der Waals surface area contributed by atoms with Crippen molar-refractivity contribution in [3.63, 3.8) is 0 Å². The van der Waals surface area contributed by atoms with Gasteiger partial charge >= 0.3 is 5.97 Å². The molecule has 2 aromatic carbocycles. The summed E-state index contributed by atoms with van der Waals surface area (Å²) in [6, 6.07) is 12.1. The second kappa shape index (κ2) is 9.91. The molecule has 150 valence electrons. The Labute approximate surface area is 182 Å². The highest BCUT2D eigenvalue weighted by Gasteiger charge is 2.30. The van der Waals surface area contributed by atoms with E-state index in [9.17, 15) is 9.59 Å². The first-order chi connectivity index (χ1) is 14.0. The number of amides is 1. The zero-order valence-corrected chi connectivity index (χ0v) is 17.7. The topological polar surface area (TPSA) is 80.1 Å². The molecule has 1 heterocycles. The molecular formula is C20H17Cl2N3O3S. The maximum Gasteiger partial charge on any atom is 0.338 e. The number of amidine groups is 1. The molecule has 1 aliphatic heterocycles. The van der Waals surface area contributed by atoms with Crippen molar-refractivity contribution >= 4 is 58.2 Å². The van der Waals surface area contributed by atoms with Crippen LogP contribution in [0.5, 0.6) is 0 Å². The highest BCUT2D eigenvalue weighted by molar-refractivity contribution is 8.15. The average molecular weight is 450 g/mol. The molecule has 3 rings (SSSR count). The lowest BCUT2D eigenvalue weighted by Gasteiger charge is -2.06. The van der Waals surface area contributed by atoms with Crippen LogP contribution in [0.2, 0.25) is 10.0 Å². The number of carbonyl (C=O) groups excluding carboxylic acids is 2. The Kier molecular flexibility index (Phi) is 7.30. The fraction of sp³-hybridized carbons (Fsp3) is 0.200. The Bertz CT molecular complexity index is 977. The summed E-state index contributed by atoms with van der Waals surface area (Å²) in [5.41, 5.74) is 2.09. The third-order valence-electron chi connectivity index (χ3n) is 3.97. The smallest absolute Gasteiger partial charge is 0.338 e. The van der Waals surface area contributed by atoms with Gasteiger partial charge in [-0.3, -0.25) is 4.79 Å². The maximum atomic E-state index is 12.2. The Morgan fingerprint density at radius 1 is 1.24 bits per heavy atom. The predicted octanol–water partition coefficient (Wildman–Crippen LogP) is 4.33. The lowest BCUT2D eigenvalue weighted by Crippen LogP contribution is -2.25. The standard InChI is InChI=1S/C20H17Cl2N3O3S/c1-2-28-19(27)13-5-3-12(4-6-13)9-17-18(26)24-20(29-17)25-23-11-14-7-8-15(21)10-16(14)22/h3-8,10-11,17H,2,9H2,1H3,(H,24,25,26)/b23-11+. The number of benzene rings is 2. The van der Waals surface area contributed by atoms with Crippen LogP contribution in [-0.2, 0) is 16.0 Å². The fourth-order valence-corrected chi connectivity index (χ4v) is 3.96. The van der Waals surface area contributed by atoms with Crippen LogP contribution in [0.15, 0.2) is 52.7 Å². The van der Waals surface area contributed by atoms with Gasteiger partial charge in [0.1, 0.15) is 0 Å². The number of nitrogens with zero attached hydrogens (tertiary/aromatic N) is 2. The Morgan fingerprint density at radius 2 is 2.00 bits per heavy atom. The molecule has 6 nitrogen and oxygen atoms in total. The third-order valence-corrected chi connectivity index (χ3v) is 5.61. The number of hydrogen-bond acceptors (Lipinski definition) is 6. The van der Waals surface area contributed by atoms with E-state index in [0.29, 0.717) is 39.4 Å². The lowest BCUT2D eigenvalue weighted by molar-refractivity contribution is -0.118. The number of halogens is 2. The van der Waals surface area contributed by atoms with Gasteiger partial charge in [-0.15, -0.1) is 5.10 Å². The summed E-state index contributed by atoms with van der Waals surface area (Å²) in [7, 11) is 0. The van der Waals surface area contributed by atoms with Gasteiger partial charge in [0.05, 0.1) is 28.7 Å². The van der Waals surface area contributed by atoms with E-state index >= 15 is 0 Å².